The minimum Gasteiger partial charge on any atom is -0.309 e. The Balaban J connectivity index is 1.71. The first-order chi connectivity index (χ1) is 20.4. The summed E-state index contributed by atoms with van der Waals surface area (Å²) in [4.78, 5) is 10.0. The van der Waals surface area contributed by atoms with Crippen LogP contribution in [0.4, 0.5) is 0 Å². The van der Waals surface area contributed by atoms with Crippen molar-refractivity contribution < 1.29 is 9.13 Å². The van der Waals surface area contributed by atoms with Crippen LogP contribution in [-0.2, 0) is 9.13 Å². The third-order valence-electron chi connectivity index (χ3n) is 7.41. The summed E-state index contributed by atoms with van der Waals surface area (Å²) in [6.45, 7) is 3.82. The zero-order valence-corrected chi connectivity index (χ0v) is 25.3. The second-order valence-corrected chi connectivity index (χ2v) is 15.7. The van der Waals surface area contributed by atoms with E-state index in [0.29, 0.717) is 43.2 Å². The van der Waals surface area contributed by atoms with Crippen LogP contribution in [0.15, 0.2) is 146 Å². The second-order valence-electron chi connectivity index (χ2n) is 10.2. The Morgan fingerprint density at radius 3 is 0.905 bits per heavy atom. The zero-order chi connectivity index (χ0) is 29.2. The highest BCUT2D eigenvalue weighted by molar-refractivity contribution is 7.86. The fourth-order valence-electron chi connectivity index (χ4n) is 5.36. The van der Waals surface area contributed by atoms with Crippen LogP contribution in [-0.4, -0.2) is 9.97 Å². The molecule has 0 saturated carbocycles. The molecule has 6 aromatic rings. The van der Waals surface area contributed by atoms with Gasteiger partial charge in [0, 0.05) is 43.2 Å². The average Bonchev–Trinajstić information content (AvgIpc) is 3.05. The smallest absolute Gasteiger partial charge is 0.173 e. The van der Waals surface area contributed by atoms with Gasteiger partial charge < -0.3 is 9.13 Å². The summed E-state index contributed by atoms with van der Waals surface area (Å²) < 4.78 is 31.1. The first-order valence-electron chi connectivity index (χ1n) is 13.8. The number of aryl methyl sites for hydroxylation is 2. The highest BCUT2D eigenvalue weighted by Gasteiger charge is 2.38. The van der Waals surface area contributed by atoms with E-state index in [1.807, 2.05) is 159 Å². The molecule has 0 fully saturated rings. The topological polar surface area (TPSA) is 59.9 Å². The Kier molecular flexibility index (Phi) is 7.60. The van der Waals surface area contributed by atoms with E-state index in [1.54, 1.807) is 0 Å². The molecule has 0 N–H and O–H groups in total. The number of hydrogen-bond donors (Lipinski definition) is 0. The fourth-order valence-corrected chi connectivity index (χ4v) is 10.9. The highest BCUT2D eigenvalue weighted by Crippen LogP contribution is 2.48. The molecular formula is C36H30N2O2P2. The molecule has 0 unspecified atom stereocenters. The van der Waals surface area contributed by atoms with Crippen molar-refractivity contribution in [3.05, 3.63) is 157 Å². The zero-order valence-electron chi connectivity index (χ0n) is 23.5. The maximum atomic E-state index is 15.6. The quantitative estimate of drug-likeness (QED) is 0.215. The molecule has 4 nitrogen and oxygen atoms in total. The van der Waals surface area contributed by atoms with E-state index in [-0.39, 0.29) is 0 Å². The summed E-state index contributed by atoms with van der Waals surface area (Å²) >= 11 is 0. The van der Waals surface area contributed by atoms with Crippen LogP contribution >= 0.6 is 14.3 Å². The lowest BCUT2D eigenvalue weighted by Gasteiger charge is -2.25. The molecule has 206 valence electrons. The van der Waals surface area contributed by atoms with Gasteiger partial charge >= 0.3 is 0 Å². The lowest BCUT2D eigenvalue weighted by molar-refractivity contribution is 0.591. The summed E-state index contributed by atoms with van der Waals surface area (Å²) in [6.07, 6.45) is 0. The van der Waals surface area contributed by atoms with Crippen LogP contribution in [0.5, 0.6) is 0 Å². The van der Waals surface area contributed by atoms with Crippen LogP contribution in [0.1, 0.15) is 11.4 Å². The lowest BCUT2D eigenvalue weighted by Crippen LogP contribution is -2.31. The number of rotatable bonds is 7. The van der Waals surface area contributed by atoms with Gasteiger partial charge in [0.2, 0.25) is 0 Å². The number of hydrogen-bond acceptors (Lipinski definition) is 4. The first kappa shape index (κ1) is 27.8. The Hall–Kier alpha value is -4.36. The summed E-state index contributed by atoms with van der Waals surface area (Å²) in [5, 5.41) is 3.94. The molecular weight excluding hydrogens is 554 g/mol. The summed E-state index contributed by atoms with van der Waals surface area (Å²) in [7, 11) is -6.85. The fraction of sp³-hybridized carbons (Fsp3) is 0.0556. The van der Waals surface area contributed by atoms with Gasteiger partial charge in [0.15, 0.2) is 14.3 Å². The van der Waals surface area contributed by atoms with E-state index in [4.69, 9.17) is 9.97 Å². The normalized spacial score (nSPS) is 11.8. The van der Waals surface area contributed by atoms with Gasteiger partial charge in [0.1, 0.15) is 11.4 Å². The third kappa shape index (κ3) is 4.88. The van der Waals surface area contributed by atoms with E-state index in [1.165, 1.54) is 0 Å². The monoisotopic (exact) mass is 584 g/mol. The van der Waals surface area contributed by atoms with Crippen molar-refractivity contribution in [1.29, 1.82) is 0 Å². The molecule has 42 heavy (non-hydrogen) atoms. The molecule has 0 spiro atoms. The second kappa shape index (κ2) is 11.5. The minimum absolute atomic E-state index is 0.483. The minimum atomic E-state index is -3.42. The predicted octanol–water partition coefficient (Wildman–Crippen LogP) is 6.04. The van der Waals surface area contributed by atoms with Crippen LogP contribution in [0.3, 0.4) is 0 Å². The van der Waals surface area contributed by atoms with Gasteiger partial charge in [-0.05, 0) is 38.1 Å². The molecule has 0 bridgehead atoms. The van der Waals surface area contributed by atoms with Gasteiger partial charge in [0.25, 0.3) is 0 Å². The van der Waals surface area contributed by atoms with Crippen molar-refractivity contribution in [1.82, 2.24) is 9.97 Å². The van der Waals surface area contributed by atoms with Gasteiger partial charge in [-0.2, -0.15) is 0 Å². The van der Waals surface area contributed by atoms with Crippen molar-refractivity contribution in [3.8, 4) is 11.4 Å². The van der Waals surface area contributed by atoms with Crippen molar-refractivity contribution in [2.45, 2.75) is 13.8 Å². The maximum absolute atomic E-state index is 15.6. The summed E-state index contributed by atoms with van der Waals surface area (Å²) in [5.74, 6) is 0. The molecule has 0 aliphatic rings. The molecule has 4 aromatic carbocycles. The Labute approximate surface area is 246 Å². The number of nitrogens with zero attached hydrogens (tertiary/aromatic N) is 2. The van der Waals surface area contributed by atoms with E-state index in [2.05, 4.69) is 0 Å². The van der Waals surface area contributed by atoms with Crippen LogP contribution in [0.2, 0.25) is 0 Å². The molecule has 0 aliphatic heterocycles. The van der Waals surface area contributed by atoms with E-state index in [0.717, 1.165) is 11.4 Å². The highest BCUT2D eigenvalue weighted by atomic mass is 31.2. The van der Waals surface area contributed by atoms with E-state index in [9.17, 15) is 0 Å². The number of aromatic nitrogens is 2. The first-order valence-corrected chi connectivity index (χ1v) is 17.2. The molecule has 0 atom stereocenters. The Bertz CT molecular complexity index is 1710. The molecule has 2 heterocycles. The van der Waals surface area contributed by atoms with Crippen molar-refractivity contribution in [2.24, 2.45) is 0 Å². The van der Waals surface area contributed by atoms with Crippen LogP contribution in [0, 0.1) is 13.8 Å². The van der Waals surface area contributed by atoms with Gasteiger partial charge in [-0.1, -0.05) is 121 Å². The molecule has 0 saturated heterocycles. The summed E-state index contributed by atoms with van der Waals surface area (Å²) in [5.41, 5.74) is 2.48. The van der Waals surface area contributed by atoms with E-state index >= 15 is 9.13 Å². The van der Waals surface area contributed by atoms with Crippen molar-refractivity contribution in [3.63, 3.8) is 0 Å². The summed E-state index contributed by atoms with van der Waals surface area (Å²) in [6, 6.07) is 45.7. The Morgan fingerprint density at radius 1 is 0.381 bits per heavy atom. The molecule has 0 radical (unpaired) electrons. The van der Waals surface area contributed by atoms with Crippen molar-refractivity contribution in [2.75, 3.05) is 0 Å². The van der Waals surface area contributed by atoms with Gasteiger partial charge in [-0.25, -0.2) is 0 Å². The third-order valence-corrected chi connectivity index (χ3v) is 13.6. The molecule has 0 amide bonds. The molecule has 6 rings (SSSR count). The average molecular weight is 585 g/mol. The standard InChI is InChI=1S/C36H30N2O2P2/c1-27-23-25-33(41(39,29-15-7-3-8-16-29)30-17-9-4-10-18-30)35(37-27)36-34(26-24-28(2)38-36)42(40,31-19-11-5-12-20-31)32-21-13-6-14-22-32/h3-26H,1-2H3. The van der Waals surface area contributed by atoms with E-state index < -0.39 is 14.3 Å². The SMILES string of the molecule is Cc1ccc(P(=O)(c2ccccc2)c2ccccc2)c(-c2nc(C)ccc2P(=O)(c2ccccc2)c2ccccc2)n1. The van der Waals surface area contributed by atoms with Gasteiger partial charge in [-0.15, -0.1) is 0 Å². The largest absolute Gasteiger partial charge is 0.309 e. The lowest BCUT2D eigenvalue weighted by atomic mass is 10.2. The molecule has 6 heteroatoms. The Morgan fingerprint density at radius 2 is 0.643 bits per heavy atom. The van der Waals surface area contributed by atoms with Crippen LogP contribution in [0.25, 0.3) is 11.4 Å². The van der Waals surface area contributed by atoms with Crippen molar-refractivity contribution >= 4 is 46.1 Å². The molecule has 0 aliphatic carbocycles. The van der Waals surface area contributed by atoms with Gasteiger partial charge in [-0.3, -0.25) is 9.97 Å². The predicted molar refractivity (Wildman–Crippen MR) is 176 cm³/mol. The number of pyridine rings is 2. The van der Waals surface area contributed by atoms with Gasteiger partial charge in [0.05, 0.1) is 0 Å². The maximum Gasteiger partial charge on any atom is 0.173 e. The number of benzene rings is 4. The molecule has 2 aromatic heterocycles. The van der Waals surface area contributed by atoms with Crippen LogP contribution < -0.4 is 31.8 Å².